The van der Waals surface area contributed by atoms with Crippen LogP contribution in [-0.2, 0) is 0 Å². The van der Waals surface area contributed by atoms with E-state index in [1.165, 1.54) is 0 Å². The van der Waals surface area contributed by atoms with E-state index >= 15 is 0 Å². The maximum atomic E-state index is 10.6. The van der Waals surface area contributed by atoms with Gasteiger partial charge in [0.15, 0.2) is 0 Å². The molecule has 0 radical (unpaired) electrons. The molecule has 1 aliphatic carbocycles. The summed E-state index contributed by atoms with van der Waals surface area (Å²) in [4.78, 5) is 2.10. The van der Waals surface area contributed by atoms with Gasteiger partial charge < -0.3 is 20.5 Å². The third-order valence-corrected chi connectivity index (χ3v) is 4.20. The van der Waals surface area contributed by atoms with Gasteiger partial charge in [0.25, 0.3) is 0 Å². The minimum Gasteiger partial charge on any atom is -0.496 e. The van der Waals surface area contributed by atoms with E-state index in [1.807, 2.05) is 32.2 Å². The Kier molecular flexibility index (Phi) is 4.55. The number of anilines is 1. The van der Waals surface area contributed by atoms with Gasteiger partial charge in [-0.3, -0.25) is 0 Å². The minimum absolute atomic E-state index is 0.109. The lowest BCUT2D eigenvalue weighted by molar-refractivity contribution is 0.0559. The molecular weight excluding hydrogens is 252 g/mol. The van der Waals surface area contributed by atoms with E-state index in [2.05, 4.69) is 4.90 Å². The van der Waals surface area contributed by atoms with Gasteiger partial charge in [-0.05, 0) is 31.9 Å². The topological polar surface area (TPSA) is 58.7 Å². The second-order valence-electron chi connectivity index (χ2n) is 5.97. The van der Waals surface area contributed by atoms with Gasteiger partial charge in [-0.1, -0.05) is 18.9 Å². The summed E-state index contributed by atoms with van der Waals surface area (Å²) < 4.78 is 5.42. The Morgan fingerprint density at radius 3 is 2.60 bits per heavy atom. The zero-order valence-electron chi connectivity index (χ0n) is 12.7. The zero-order chi connectivity index (χ0) is 14.8. The van der Waals surface area contributed by atoms with Crippen molar-refractivity contribution < 1.29 is 9.84 Å². The van der Waals surface area contributed by atoms with Crippen LogP contribution in [0.2, 0.25) is 0 Å². The quantitative estimate of drug-likeness (QED) is 0.868. The van der Waals surface area contributed by atoms with E-state index in [4.69, 9.17) is 10.5 Å². The fourth-order valence-corrected chi connectivity index (χ4v) is 3.22. The van der Waals surface area contributed by atoms with E-state index in [0.29, 0.717) is 6.54 Å². The molecule has 0 aromatic heterocycles. The lowest BCUT2D eigenvalue weighted by Crippen LogP contribution is -2.39. The van der Waals surface area contributed by atoms with Gasteiger partial charge in [-0.2, -0.15) is 0 Å². The molecule has 2 rings (SSSR count). The van der Waals surface area contributed by atoms with Crippen molar-refractivity contribution in [2.24, 2.45) is 5.73 Å². The summed E-state index contributed by atoms with van der Waals surface area (Å²) in [6, 6.07) is 5.83. The van der Waals surface area contributed by atoms with Crippen LogP contribution in [0, 0.1) is 0 Å². The molecule has 1 saturated carbocycles. The number of likely N-dealkylation sites (N-methyl/N-ethyl adjacent to an activating group) is 1. The predicted molar refractivity (Wildman–Crippen MR) is 82.3 cm³/mol. The molecule has 0 unspecified atom stereocenters. The normalized spacial score (nSPS) is 18.9. The zero-order valence-corrected chi connectivity index (χ0v) is 12.7. The van der Waals surface area contributed by atoms with E-state index in [1.54, 1.807) is 7.11 Å². The highest BCUT2D eigenvalue weighted by atomic mass is 16.5. The highest BCUT2D eigenvalue weighted by Gasteiger charge is 2.33. The number of nitrogens with zero attached hydrogens (tertiary/aromatic N) is 1. The van der Waals surface area contributed by atoms with Crippen LogP contribution in [0.1, 0.15) is 44.2 Å². The van der Waals surface area contributed by atoms with E-state index < -0.39 is 5.60 Å². The molecule has 4 heteroatoms. The largest absolute Gasteiger partial charge is 0.496 e. The molecule has 4 nitrogen and oxygen atoms in total. The Balaban J connectivity index is 2.27. The second kappa shape index (κ2) is 6.02. The van der Waals surface area contributed by atoms with Crippen molar-refractivity contribution in [1.29, 1.82) is 0 Å². The summed E-state index contributed by atoms with van der Waals surface area (Å²) in [7, 11) is 3.67. The first-order valence-electron chi connectivity index (χ1n) is 7.33. The van der Waals surface area contributed by atoms with Gasteiger partial charge >= 0.3 is 0 Å². The molecule has 0 bridgehead atoms. The van der Waals surface area contributed by atoms with Crippen molar-refractivity contribution in [1.82, 2.24) is 0 Å². The number of hydrogen-bond donors (Lipinski definition) is 2. The van der Waals surface area contributed by atoms with Crippen molar-refractivity contribution in [2.45, 2.75) is 44.2 Å². The summed E-state index contributed by atoms with van der Waals surface area (Å²) in [5.41, 5.74) is 7.58. The minimum atomic E-state index is -0.563. The van der Waals surface area contributed by atoms with Gasteiger partial charge in [0.1, 0.15) is 5.75 Å². The lowest BCUT2D eigenvalue weighted by Gasteiger charge is -2.32. The number of hydrogen-bond acceptors (Lipinski definition) is 4. The fraction of sp³-hybridized carbons (Fsp3) is 0.625. The number of aliphatic hydroxyl groups is 1. The van der Waals surface area contributed by atoms with E-state index in [-0.39, 0.29) is 6.04 Å². The first kappa shape index (κ1) is 15.1. The van der Waals surface area contributed by atoms with E-state index in [9.17, 15) is 5.11 Å². The Hall–Kier alpha value is -1.26. The van der Waals surface area contributed by atoms with Crippen LogP contribution in [0.3, 0.4) is 0 Å². The number of ether oxygens (including phenoxy) is 1. The standard InChI is InChI=1S/C16H26N2O2/c1-12(17)15-13(7-6-8-14(15)20-3)18(2)11-16(19)9-4-5-10-16/h6-8,12,19H,4-5,9-11,17H2,1-3H3/t12-/m1/s1. The molecule has 0 amide bonds. The van der Waals surface area contributed by atoms with Crippen molar-refractivity contribution in [2.75, 3.05) is 25.6 Å². The Morgan fingerprint density at radius 1 is 1.40 bits per heavy atom. The van der Waals surface area contributed by atoms with Gasteiger partial charge in [-0.25, -0.2) is 0 Å². The van der Waals surface area contributed by atoms with Crippen LogP contribution in [0.15, 0.2) is 18.2 Å². The molecule has 1 aromatic carbocycles. The molecule has 20 heavy (non-hydrogen) atoms. The summed E-state index contributed by atoms with van der Waals surface area (Å²) >= 11 is 0. The third-order valence-electron chi connectivity index (χ3n) is 4.20. The van der Waals surface area contributed by atoms with Crippen LogP contribution in [0.25, 0.3) is 0 Å². The van der Waals surface area contributed by atoms with Gasteiger partial charge in [-0.15, -0.1) is 0 Å². The smallest absolute Gasteiger partial charge is 0.125 e. The number of nitrogens with two attached hydrogens (primary N) is 1. The lowest BCUT2D eigenvalue weighted by atomic mass is 9.99. The molecule has 112 valence electrons. The number of benzene rings is 1. The van der Waals surface area contributed by atoms with Crippen molar-refractivity contribution in [3.05, 3.63) is 23.8 Å². The molecule has 0 spiro atoms. The van der Waals surface area contributed by atoms with Crippen LogP contribution in [-0.4, -0.2) is 31.4 Å². The van der Waals surface area contributed by atoms with E-state index in [0.717, 1.165) is 42.7 Å². The monoisotopic (exact) mass is 278 g/mol. The van der Waals surface area contributed by atoms with Crippen molar-refractivity contribution in [3.8, 4) is 5.75 Å². The maximum Gasteiger partial charge on any atom is 0.125 e. The second-order valence-corrected chi connectivity index (χ2v) is 5.97. The molecule has 3 N–H and O–H groups in total. The first-order chi connectivity index (χ1) is 9.47. The Morgan fingerprint density at radius 2 is 2.05 bits per heavy atom. The Bertz CT molecular complexity index is 454. The van der Waals surface area contributed by atoms with Crippen molar-refractivity contribution in [3.63, 3.8) is 0 Å². The molecule has 0 aliphatic heterocycles. The summed E-state index contributed by atoms with van der Waals surface area (Å²) in [5.74, 6) is 0.808. The van der Waals surface area contributed by atoms with Crippen LogP contribution in [0.4, 0.5) is 5.69 Å². The number of methoxy groups -OCH3 is 1. The van der Waals surface area contributed by atoms with Gasteiger partial charge in [0.2, 0.25) is 0 Å². The molecule has 0 heterocycles. The molecule has 1 fully saturated rings. The van der Waals surface area contributed by atoms with Crippen LogP contribution >= 0.6 is 0 Å². The summed E-state index contributed by atoms with van der Waals surface area (Å²) in [6.45, 7) is 2.60. The van der Waals surface area contributed by atoms with Crippen LogP contribution in [0.5, 0.6) is 5.75 Å². The third kappa shape index (κ3) is 3.07. The predicted octanol–water partition coefficient (Wildman–Crippen LogP) is 2.46. The average Bonchev–Trinajstić information content (AvgIpc) is 2.83. The highest BCUT2D eigenvalue weighted by molar-refractivity contribution is 5.60. The number of rotatable bonds is 5. The summed E-state index contributed by atoms with van der Waals surface area (Å²) in [6.07, 6.45) is 3.99. The van der Waals surface area contributed by atoms with Gasteiger partial charge in [0.05, 0.1) is 12.7 Å². The molecule has 1 aliphatic rings. The molecule has 1 atom stereocenters. The Labute approximate surface area is 121 Å². The average molecular weight is 278 g/mol. The maximum absolute atomic E-state index is 10.6. The highest BCUT2D eigenvalue weighted by Crippen LogP contribution is 2.36. The van der Waals surface area contributed by atoms with Crippen LogP contribution < -0.4 is 15.4 Å². The van der Waals surface area contributed by atoms with Gasteiger partial charge in [0, 0.05) is 30.9 Å². The first-order valence-corrected chi connectivity index (χ1v) is 7.33. The molecule has 1 aromatic rings. The SMILES string of the molecule is COc1cccc(N(C)CC2(O)CCCC2)c1[C@@H](C)N. The molecular formula is C16H26N2O2. The molecule has 0 saturated heterocycles. The summed E-state index contributed by atoms with van der Waals surface area (Å²) in [5, 5.41) is 10.6. The fourth-order valence-electron chi connectivity index (χ4n) is 3.22. The van der Waals surface area contributed by atoms with Crippen molar-refractivity contribution >= 4 is 5.69 Å².